The first kappa shape index (κ1) is 14.0. The molecule has 2 aromatic carbocycles. The van der Waals surface area contributed by atoms with E-state index in [-0.39, 0.29) is 5.91 Å². The van der Waals surface area contributed by atoms with Crippen molar-refractivity contribution in [1.82, 2.24) is 4.90 Å². The van der Waals surface area contributed by atoms with E-state index in [1.807, 2.05) is 47.4 Å². The van der Waals surface area contributed by atoms with Gasteiger partial charge in [0.05, 0.1) is 0 Å². The number of para-hydroxylation sites is 1. The molecule has 0 aromatic heterocycles. The third-order valence-electron chi connectivity index (χ3n) is 3.78. The number of benzene rings is 2. The van der Waals surface area contributed by atoms with Crippen LogP contribution < -0.4 is 4.90 Å². The monoisotopic (exact) mass is 298 g/mol. The predicted octanol–water partition coefficient (Wildman–Crippen LogP) is 2.94. The minimum atomic E-state index is 0.0959. The summed E-state index contributed by atoms with van der Waals surface area (Å²) in [6.07, 6.45) is 0. The lowest BCUT2D eigenvalue weighted by atomic mass is 10.1. The number of hydrogen-bond acceptors (Lipinski definition) is 3. The fourth-order valence-electron chi connectivity index (χ4n) is 2.63. The molecule has 4 heteroatoms. The van der Waals surface area contributed by atoms with Gasteiger partial charge in [-0.15, -0.1) is 12.6 Å². The molecule has 108 valence electrons. The Bertz CT molecular complexity index is 622. The van der Waals surface area contributed by atoms with Gasteiger partial charge >= 0.3 is 0 Å². The summed E-state index contributed by atoms with van der Waals surface area (Å²) in [7, 11) is 0. The highest BCUT2D eigenvalue weighted by molar-refractivity contribution is 7.80. The summed E-state index contributed by atoms with van der Waals surface area (Å²) in [5, 5.41) is 0. The summed E-state index contributed by atoms with van der Waals surface area (Å²) in [4.78, 5) is 17.5. The Morgan fingerprint density at radius 3 is 2.29 bits per heavy atom. The molecule has 21 heavy (non-hydrogen) atoms. The molecular weight excluding hydrogens is 280 g/mol. The molecule has 1 heterocycles. The summed E-state index contributed by atoms with van der Waals surface area (Å²) in [6, 6.07) is 17.8. The molecule has 2 aromatic rings. The van der Waals surface area contributed by atoms with Gasteiger partial charge in [-0.2, -0.15) is 0 Å². The Labute approximate surface area is 130 Å². The topological polar surface area (TPSA) is 23.6 Å². The fraction of sp³-hybridized carbons (Fsp3) is 0.235. The first-order valence-electron chi connectivity index (χ1n) is 7.12. The van der Waals surface area contributed by atoms with E-state index in [0.29, 0.717) is 0 Å². The summed E-state index contributed by atoms with van der Waals surface area (Å²) in [5.41, 5.74) is 1.94. The van der Waals surface area contributed by atoms with Crippen LogP contribution in [0.1, 0.15) is 10.4 Å². The van der Waals surface area contributed by atoms with Crippen molar-refractivity contribution in [3.8, 4) is 0 Å². The molecule has 1 amide bonds. The van der Waals surface area contributed by atoms with Crippen molar-refractivity contribution in [2.75, 3.05) is 31.1 Å². The van der Waals surface area contributed by atoms with Gasteiger partial charge in [-0.25, -0.2) is 0 Å². The maximum absolute atomic E-state index is 12.5. The van der Waals surface area contributed by atoms with Crippen LogP contribution in [0.25, 0.3) is 0 Å². The second kappa shape index (κ2) is 6.22. The van der Waals surface area contributed by atoms with Crippen molar-refractivity contribution < 1.29 is 4.79 Å². The van der Waals surface area contributed by atoms with Crippen molar-refractivity contribution in [3.05, 3.63) is 60.2 Å². The van der Waals surface area contributed by atoms with Gasteiger partial charge in [0.2, 0.25) is 0 Å². The Morgan fingerprint density at radius 2 is 1.62 bits per heavy atom. The number of carbonyl (C=O) groups excluding carboxylic acids is 1. The number of anilines is 1. The molecule has 3 nitrogen and oxygen atoms in total. The zero-order chi connectivity index (χ0) is 14.7. The van der Waals surface area contributed by atoms with Crippen molar-refractivity contribution in [2.45, 2.75) is 4.90 Å². The number of piperazine rings is 1. The van der Waals surface area contributed by atoms with Crippen LogP contribution in [0, 0.1) is 0 Å². The van der Waals surface area contributed by atoms with E-state index in [9.17, 15) is 4.79 Å². The van der Waals surface area contributed by atoms with E-state index < -0.39 is 0 Å². The molecule has 0 radical (unpaired) electrons. The molecule has 0 bridgehead atoms. The molecular formula is C17H18N2OS. The number of rotatable bonds is 2. The largest absolute Gasteiger partial charge is 0.368 e. The van der Waals surface area contributed by atoms with Crippen LogP contribution in [0.5, 0.6) is 0 Å². The van der Waals surface area contributed by atoms with Gasteiger partial charge in [-0.05, 0) is 30.3 Å². The summed E-state index contributed by atoms with van der Waals surface area (Å²) < 4.78 is 0. The average Bonchev–Trinajstić information content (AvgIpc) is 2.55. The number of nitrogens with zero attached hydrogens (tertiary/aromatic N) is 2. The van der Waals surface area contributed by atoms with Gasteiger partial charge in [0.25, 0.3) is 5.91 Å². The number of thiol groups is 1. The molecule has 1 saturated heterocycles. The Balaban J connectivity index is 1.64. The highest BCUT2D eigenvalue weighted by atomic mass is 32.1. The third kappa shape index (κ3) is 3.22. The smallest absolute Gasteiger partial charge is 0.254 e. The lowest BCUT2D eigenvalue weighted by Crippen LogP contribution is -2.48. The second-order valence-electron chi connectivity index (χ2n) is 5.17. The molecule has 0 spiro atoms. The molecule has 0 N–H and O–H groups in total. The molecule has 0 atom stereocenters. The lowest BCUT2D eigenvalue weighted by molar-refractivity contribution is 0.0746. The van der Waals surface area contributed by atoms with E-state index in [4.69, 9.17) is 0 Å². The quantitative estimate of drug-likeness (QED) is 0.862. The van der Waals surface area contributed by atoms with E-state index in [0.717, 1.165) is 36.6 Å². The summed E-state index contributed by atoms with van der Waals surface area (Å²) in [6.45, 7) is 3.25. The number of amides is 1. The Kier molecular flexibility index (Phi) is 4.15. The fourth-order valence-corrected chi connectivity index (χ4v) is 2.85. The summed E-state index contributed by atoms with van der Waals surface area (Å²) >= 11 is 4.30. The maximum Gasteiger partial charge on any atom is 0.254 e. The van der Waals surface area contributed by atoms with Crippen LogP contribution in [0.2, 0.25) is 0 Å². The van der Waals surface area contributed by atoms with Crippen LogP contribution in [0.3, 0.4) is 0 Å². The van der Waals surface area contributed by atoms with Gasteiger partial charge in [-0.3, -0.25) is 4.79 Å². The van der Waals surface area contributed by atoms with Crippen LogP contribution in [0.4, 0.5) is 5.69 Å². The SMILES string of the molecule is O=C(c1cccc(S)c1)N1CCN(c2ccccc2)CC1. The normalized spacial score (nSPS) is 15.1. The van der Waals surface area contributed by atoms with Gasteiger partial charge in [0, 0.05) is 42.3 Å². The Hall–Kier alpha value is -1.94. The number of hydrogen-bond donors (Lipinski definition) is 1. The standard InChI is InChI=1S/C17H18N2OS/c20-17(14-5-4-8-16(21)13-14)19-11-9-18(10-12-19)15-6-2-1-3-7-15/h1-8,13,21H,9-12H2. The van der Waals surface area contributed by atoms with Crippen LogP contribution in [-0.2, 0) is 0 Å². The molecule has 0 unspecified atom stereocenters. The van der Waals surface area contributed by atoms with Crippen molar-refractivity contribution in [1.29, 1.82) is 0 Å². The van der Waals surface area contributed by atoms with Crippen molar-refractivity contribution in [3.63, 3.8) is 0 Å². The van der Waals surface area contributed by atoms with Crippen molar-refractivity contribution in [2.24, 2.45) is 0 Å². The first-order chi connectivity index (χ1) is 10.2. The van der Waals surface area contributed by atoms with Gasteiger partial charge in [0.15, 0.2) is 0 Å². The molecule has 1 aliphatic heterocycles. The average molecular weight is 298 g/mol. The number of carbonyl (C=O) groups is 1. The van der Waals surface area contributed by atoms with Crippen LogP contribution in [-0.4, -0.2) is 37.0 Å². The van der Waals surface area contributed by atoms with Crippen LogP contribution >= 0.6 is 12.6 Å². The van der Waals surface area contributed by atoms with Crippen LogP contribution in [0.15, 0.2) is 59.5 Å². The van der Waals surface area contributed by atoms with Gasteiger partial charge in [-0.1, -0.05) is 24.3 Å². The zero-order valence-corrected chi connectivity index (χ0v) is 12.7. The molecule has 0 saturated carbocycles. The molecule has 1 fully saturated rings. The van der Waals surface area contributed by atoms with Crippen molar-refractivity contribution >= 4 is 24.2 Å². The van der Waals surface area contributed by atoms with Gasteiger partial charge < -0.3 is 9.80 Å². The molecule has 0 aliphatic carbocycles. The second-order valence-corrected chi connectivity index (χ2v) is 5.68. The van der Waals surface area contributed by atoms with Gasteiger partial charge in [0.1, 0.15) is 0 Å². The minimum absolute atomic E-state index is 0.0959. The maximum atomic E-state index is 12.5. The highest BCUT2D eigenvalue weighted by Gasteiger charge is 2.22. The summed E-state index contributed by atoms with van der Waals surface area (Å²) in [5.74, 6) is 0.0959. The van der Waals surface area contributed by atoms with E-state index in [2.05, 4.69) is 29.7 Å². The highest BCUT2D eigenvalue weighted by Crippen LogP contribution is 2.17. The van der Waals surface area contributed by atoms with E-state index in [1.165, 1.54) is 5.69 Å². The molecule has 3 rings (SSSR count). The lowest BCUT2D eigenvalue weighted by Gasteiger charge is -2.36. The Morgan fingerprint density at radius 1 is 0.905 bits per heavy atom. The minimum Gasteiger partial charge on any atom is -0.368 e. The third-order valence-corrected chi connectivity index (χ3v) is 4.06. The van der Waals surface area contributed by atoms with E-state index >= 15 is 0 Å². The first-order valence-corrected chi connectivity index (χ1v) is 7.57. The zero-order valence-electron chi connectivity index (χ0n) is 11.8. The van der Waals surface area contributed by atoms with E-state index in [1.54, 1.807) is 0 Å². The predicted molar refractivity (Wildman–Crippen MR) is 88.3 cm³/mol. The molecule has 1 aliphatic rings.